The number of para-hydroxylation sites is 1. The first kappa shape index (κ1) is 25.1. The molecule has 36 heavy (non-hydrogen) atoms. The minimum absolute atomic E-state index is 0.00289. The number of hydrogen-bond donors (Lipinski definition) is 1. The predicted molar refractivity (Wildman–Crippen MR) is 140 cm³/mol. The van der Waals surface area contributed by atoms with Crippen LogP contribution >= 0.6 is 11.6 Å². The van der Waals surface area contributed by atoms with E-state index in [0.29, 0.717) is 27.6 Å². The second-order valence-electron chi connectivity index (χ2n) is 8.57. The van der Waals surface area contributed by atoms with Crippen molar-refractivity contribution in [3.63, 3.8) is 0 Å². The number of halogens is 1. The van der Waals surface area contributed by atoms with Crippen LogP contribution in [0.5, 0.6) is 11.5 Å². The number of carbonyl (C=O) groups excluding carboxylic acids is 2. The summed E-state index contributed by atoms with van der Waals surface area (Å²) < 4.78 is 10.7. The van der Waals surface area contributed by atoms with Crippen LogP contribution in [-0.4, -0.2) is 50.0 Å². The summed E-state index contributed by atoms with van der Waals surface area (Å²) >= 11 is 6.15. The van der Waals surface area contributed by atoms with Crippen molar-refractivity contribution in [2.75, 3.05) is 33.2 Å². The average molecular weight is 507 g/mol. The first-order valence-corrected chi connectivity index (χ1v) is 11.7. The van der Waals surface area contributed by atoms with Crippen LogP contribution in [0.15, 0.2) is 72.3 Å². The molecule has 1 fully saturated rings. The lowest BCUT2D eigenvalue weighted by Crippen LogP contribution is -2.29. The van der Waals surface area contributed by atoms with Gasteiger partial charge in [0.1, 0.15) is 17.3 Å². The maximum Gasteiger partial charge on any atom is 0.295 e. The van der Waals surface area contributed by atoms with Gasteiger partial charge in [-0.15, -0.1) is 0 Å². The molecule has 0 bridgehead atoms. The second-order valence-corrected chi connectivity index (χ2v) is 8.98. The quantitative estimate of drug-likeness (QED) is 0.274. The number of aliphatic hydroxyl groups excluding tert-OH is 1. The lowest BCUT2D eigenvalue weighted by Gasteiger charge is -2.26. The Kier molecular flexibility index (Phi) is 7.22. The number of methoxy groups -OCH3 is 2. The van der Waals surface area contributed by atoms with Gasteiger partial charge in [0.2, 0.25) is 0 Å². The fourth-order valence-corrected chi connectivity index (χ4v) is 4.52. The van der Waals surface area contributed by atoms with Gasteiger partial charge in [0.25, 0.3) is 11.7 Å². The molecular formula is C28H27ClN2O5. The summed E-state index contributed by atoms with van der Waals surface area (Å²) in [5.74, 6) is -0.824. The number of amides is 1. The van der Waals surface area contributed by atoms with Gasteiger partial charge in [-0.25, -0.2) is 0 Å². The standard InChI is InChI=1S/C28H27ClN2O5/c1-30(2)20-12-9-17(10-13-20)25-24(26(32)18-11-14-21(29)23(15-18)36-4)27(33)28(34)31(25)16-19-7-5-6-8-22(19)35-3/h5-15,25,32H,16H2,1-4H3/b26-24-. The summed E-state index contributed by atoms with van der Waals surface area (Å²) in [6.45, 7) is 0.120. The first-order valence-electron chi connectivity index (χ1n) is 11.3. The zero-order chi connectivity index (χ0) is 26.0. The molecule has 1 aliphatic heterocycles. The van der Waals surface area contributed by atoms with Gasteiger partial charge in [0.05, 0.1) is 37.4 Å². The molecule has 8 heteroatoms. The Hall–Kier alpha value is -3.97. The van der Waals surface area contributed by atoms with Crippen molar-refractivity contribution in [3.05, 3.63) is 94.0 Å². The van der Waals surface area contributed by atoms with E-state index >= 15 is 0 Å². The summed E-state index contributed by atoms with van der Waals surface area (Å²) in [7, 11) is 6.87. The number of Topliss-reactive ketones (excluding diaryl/α,β-unsaturated/α-hetero) is 1. The van der Waals surface area contributed by atoms with E-state index in [1.165, 1.54) is 18.1 Å². The molecular weight excluding hydrogens is 480 g/mol. The molecule has 0 spiro atoms. The molecule has 7 nitrogen and oxygen atoms in total. The normalized spacial score (nSPS) is 16.8. The molecule has 1 amide bonds. The highest BCUT2D eigenvalue weighted by molar-refractivity contribution is 6.46. The molecule has 4 rings (SSSR count). The van der Waals surface area contributed by atoms with Crippen LogP contribution < -0.4 is 14.4 Å². The monoisotopic (exact) mass is 506 g/mol. The number of hydrogen-bond acceptors (Lipinski definition) is 6. The third-order valence-corrected chi connectivity index (χ3v) is 6.54. The minimum Gasteiger partial charge on any atom is -0.507 e. The van der Waals surface area contributed by atoms with Crippen molar-refractivity contribution in [2.45, 2.75) is 12.6 Å². The minimum atomic E-state index is -0.812. The van der Waals surface area contributed by atoms with Crippen molar-refractivity contribution in [1.29, 1.82) is 0 Å². The number of ketones is 1. The van der Waals surface area contributed by atoms with Crippen molar-refractivity contribution in [2.24, 2.45) is 0 Å². The zero-order valence-electron chi connectivity index (χ0n) is 20.5. The van der Waals surface area contributed by atoms with Crippen LogP contribution in [-0.2, 0) is 16.1 Å². The van der Waals surface area contributed by atoms with E-state index in [9.17, 15) is 14.7 Å². The largest absolute Gasteiger partial charge is 0.507 e. The highest BCUT2D eigenvalue weighted by Gasteiger charge is 2.46. The SMILES string of the molecule is COc1cc(/C(O)=C2/C(=O)C(=O)N(Cc3ccccc3OC)C2c2ccc(N(C)C)cc2)ccc1Cl. The zero-order valence-corrected chi connectivity index (χ0v) is 21.2. The van der Waals surface area contributed by atoms with Gasteiger partial charge in [-0.3, -0.25) is 9.59 Å². The summed E-state index contributed by atoms with van der Waals surface area (Å²) in [6.07, 6.45) is 0. The summed E-state index contributed by atoms with van der Waals surface area (Å²) in [6, 6.07) is 18.7. The molecule has 3 aromatic rings. The van der Waals surface area contributed by atoms with Gasteiger partial charge < -0.3 is 24.4 Å². The van der Waals surface area contributed by atoms with Crippen LogP contribution in [0, 0.1) is 0 Å². The fraction of sp³-hybridized carbons (Fsp3) is 0.214. The lowest BCUT2D eigenvalue weighted by atomic mass is 9.94. The Bertz CT molecular complexity index is 1330. The van der Waals surface area contributed by atoms with E-state index in [-0.39, 0.29) is 17.9 Å². The van der Waals surface area contributed by atoms with Crippen LogP contribution in [0.2, 0.25) is 5.02 Å². The van der Waals surface area contributed by atoms with E-state index in [4.69, 9.17) is 21.1 Å². The molecule has 1 heterocycles. The third-order valence-electron chi connectivity index (χ3n) is 6.22. The van der Waals surface area contributed by atoms with Crippen LogP contribution in [0.25, 0.3) is 5.76 Å². The Morgan fingerprint density at radius 2 is 1.64 bits per heavy atom. The molecule has 1 unspecified atom stereocenters. The van der Waals surface area contributed by atoms with Crippen molar-refractivity contribution < 1.29 is 24.2 Å². The van der Waals surface area contributed by atoms with Gasteiger partial charge in [-0.05, 0) is 42.0 Å². The molecule has 1 N–H and O–H groups in total. The molecule has 3 aromatic carbocycles. The van der Waals surface area contributed by atoms with E-state index in [1.54, 1.807) is 25.3 Å². The number of likely N-dealkylation sites (tertiary alicyclic amines) is 1. The van der Waals surface area contributed by atoms with E-state index in [2.05, 4.69) is 0 Å². The molecule has 1 saturated heterocycles. The maximum atomic E-state index is 13.3. The Labute approximate surface area is 215 Å². The molecule has 0 aromatic heterocycles. The van der Waals surface area contributed by atoms with Crippen LogP contribution in [0.1, 0.15) is 22.7 Å². The van der Waals surface area contributed by atoms with Gasteiger partial charge in [-0.2, -0.15) is 0 Å². The smallest absolute Gasteiger partial charge is 0.295 e. The van der Waals surface area contributed by atoms with Crippen LogP contribution in [0.4, 0.5) is 5.69 Å². The summed E-state index contributed by atoms with van der Waals surface area (Å²) in [4.78, 5) is 30.1. The van der Waals surface area contributed by atoms with Crippen molar-refractivity contribution >= 4 is 34.7 Å². The number of aliphatic hydroxyl groups is 1. The van der Waals surface area contributed by atoms with Gasteiger partial charge in [0.15, 0.2) is 0 Å². The molecule has 186 valence electrons. The highest BCUT2D eigenvalue weighted by Crippen LogP contribution is 2.42. The molecule has 0 saturated carbocycles. The lowest BCUT2D eigenvalue weighted by molar-refractivity contribution is -0.140. The number of rotatable bonds is 7. The van der Waals surface area contributed by atoms with Gasteiger partial charge >= 0.3 is 0 Å². The maximum absolute atomic E-state index is 13.3. The van der Waals surface area contributed by atoms with E-state index in [1.807, 2.05) is 61.5 Å². The van der Waals surface area contributed by atoms with E-state index < -0.39 is 17.7 Å². The fourth-order valence-electron chi connectivity index (χ4n) is 4.32. The molecule has 1 atom stereocenters. The molecule has 0 radical (unpaired) electrons. The Balaban J connectivity index is 1.88. The predicted octanol–water partition coefficient (Wildman–Crippen LogP) is 5.05. The van der Waals surface area contributed by atoms with Crippen molar-refractivity contribution in [3.8, 4) is 11.5 Å². The average Bonchev–Trinajstić information content (AvgIpc) is 3.13. The topological polar surface area (TPSA) is 79.3 Å². The van der Waals surface area contributed by atoms with Gasteiger partial charge in [0, 0.05) is 30.9 Å². The summed E-state index contributed by atoms with van der Waals surface area (Å²) in [5.41, 5.74) is 2.71. The Morgan fingerprint density at radius 1 is 0.972 bits per heavy atom. The van der Waals surface area contributed by atoms with Gasteiger partial charge in [-0.1, -0.05) is 41.9 Å². The number of ether oxygens (including phenoxy) is 2. The number of anilines is 1. The number of benzene rings is 3. The first-order chi connectivity index (χ1) is 17.3. The Morgan fingerprint density at radius 3 is 2.28 bits per heavy atom. The summed E-state index contributed by atoms with van der Waals surface area (Å²) in [5, 5.41) is 11.7. The second kappa shape index (κ2) is 10.3. The molecule has 0 aliphatic carbocycles. The van der Waals surface area contributed by atoms with E-state index in [0.717, 1.165) is 11.3 Å². The van der Waals surface area contributed by atoms with Crippen molar-refractivity contribution in [1.82, 2.24) is 4.90 Å². The number of carbonyl (C=O) groups is 2. The number of nitrogens with zero attached hydrogens (tertiary/aromatic N) is 2. The highest BCUT2D eigenvalue weighted by atomic mass is 35.5. The van der Waals surface area contributed by atoms with Crippen LogP contribution in [0.3, 0.4) is 0 Å². The molecule has 1 aliphatic rings. The third kappa shape index (κ3) is 4.62.